The SMILES string of the molecule is CC(C)(CCC(C(N)=O)(c1ccccc1)c1ccccc1)N1CCCC1. The number of hydrogen-bond acceptors (Lipinski definition) is 2. The molecule has 1 amide bonds. The molecule has 1 aliphatic heterocycles. The van der Waals surface area contributed by atoms with Gasteiger partial charge in [-0.3, -0.25) is 9.69 Å². The van der Waals surface area contributed by atoms with Crippen molar-refractivity contribution in [2.45, 2.75) is 50.5 Å². The Balaban J connectivity index is 1.99. The van der Waals surface area contributed by atoms with Gasteiger partial charge in [0.15, 0.2) is 0 Å². The van der Waals surface area contributed by atoms with E-state index in [9.17, 15) is 4.79 Å². The molecule has 3 nitrogen and oxygen atoms in total. The standard InChI is InChI=1S/C23H30N2O/c1-22(2,25-17-9-10-18-25)15-16-23(21(24)26,19-11-5-3-6-12-19)20-13-7-4-8-14-20/h3-8,11-14H,9-10,15-18H2,1-2H3,(H2,24,26). The van der Waals surface area contributed by atoms with Crippen molar-refractivity contribution < 1.29 is 4.79 Å². The molecule has 0 atom stereocenters. The summed E-state index contributed by atoms with van der Waals surface area (Å²) in [7, 11) is 0. The molecule has 0 bridgehead atoms. The van der Waals surface area contributed by atoms with Crippen LogP contribution < -0.4 is 5.73 Å². The molecule has 3 rings (SSSR count). The minimum absolute atomic E-state index is 0.0563. The second-order valence-electron chi connectivity index (χ2n) is 8.01. The number of amides is 1. The van der Waals surface area contributed by atoms with Crippen LogP contribution in [0.1, 0.15) is 50.7 Å². The summed E-state index contributed by atoms with van der Waals surface area (Å²) >= 11 is 0. The maximum atomic E-state index is 12.9. The number of likely N-dealkylation sites (tertiary alicyclic amines) is 1. The lowest BCUT2D eigenvalue weighted by Crippen LogP contribution is -2.47. The first-order valence-electron chi connectivity index (χ1n) is 9.63. The van der Waals surface area contributed by atoms with E-state index in [0.29, 0.717) is 6.42 Å². The van der Waals surface area contributed by atoms with E-state index in [-0.39, 0.29) is 11.4 Å². The summed E-state index contributed by atoms with van der Waals surface area (Å²) in [6.45, 7) is 6.88. The largest absolute Gasteiger partial charge is 0.369 e. The van der Waals surface area contributed by atoms with Gasteiger partial charge in [0.2, 0.25) is 5.91 Å². The van der Waals surface area contributed by atoms with Gasteiger partial charge >= 0.3 is 0 Å². The van der Waals surface area contributed by atoms with Crippen LogP contribution in [0.15, 0.2) is 60.7 Å². The maximum Gasteiger partial charge on any atom is 0.232 e. The van der Waals surface area contributed by atoms with E-state index in [0.717, 1.165) is 30.6 Å². The monoisotopic (exact) mass is 350 g/mol. The topological polar surface area (TPSA) is 46.3 Å². The Labute approximate surface area is 157 Å². The smallest absolute Gasteiger partial charge is 0.232 e. The Hall–Kier alpha value is -2.13. The van der Waals surface area contributed by atoms with Gasteiger partial charge in [-0.25, -0.2) is 0 Å². The fourth-order valence-electron chi connectivity index (χ4n) is 4.28. The van der Waals surface area contributed by atoms with Gasteiger partial charge in [-0.15, -0.1) is 0 Å². The summed E-state index contributed by atoms with van der Waals surface area (Å²) in [4.78, 5) is 15.4. The average Bonchev–Trinajstić information content (AvgIpc) is 3.19. The minimum Gasteiger partial charge on any atom is -0.369 e. The number of rotatable bonds is 7. The molecule has 1 saturated heterocycles. The normalized spacial score (nSPS) is 15.9. The highest BCUT2D eigenvalue weighted by Gasteiger charge is 2.42. The lowest BCUT2D eigenvalue weighted by molar-refractivity contribution is -0.122. The van der Waals surface area contributed by atoms with Crippen LogP contribution in [-0.4, -0.2) is 29.4 Å². The summed E-state index contributed by atoms with van der Waals surface area (Å²) in [6.07, 6.45) is 4.16. The van der Waals surface area contributed by atoms with Crippen LogP contribution in [-0.2, 0) is 10.2 Å². The van der Waals surface area contributed by atoms with Crippen LogP contribution in [0.25, 0.3) is 0 Å². The lowest BCUT2D eigenvalue weighted by Gasteiger charge is -2.40. The van der Waals surface area contributed by atoms with Crippen LogP contribution in [0.3, 0.4) is 0 Å². The summed E-state index contributed by atoms with van der Waals surface area (Å²) < 4.78 is 0. The van der Waals surface area contributed by atoms with E-state index in [2.05, 4.69) is 18.7 Å². The zero-order valence-electron chi connectivity index (χ0n) is 15.9. The second kappa shape index (κ2) is 7.63. The van der Waals surface area contributed by atoms with Crippen molar-refractivity contribution in [3.05, 3.63) is 71.8 Å². The predicted octanol–water partition coefficient (Wildman–Crippen LogP) is 4.11. The molecule has 0 aromatic heterocycles. The summed E-state index contributed by atoms with van der Waals surface area (Å²) in [5.41, 5.74) is 7.29. The molecule has 0 saturated carbocycles. The Morgan fingerprint density at radius 3 is 1.77 bits per heavy atom. The molecule has 2 aromatic rings. The Bertz CT molecular complexity index is 679. The van der Waals surface area contributed by atoms with Gasteiger partial charge in [0.05, 0.1) is 5.41 Å². The maximum absolute atomic E-state index is 12.9. The van der Waals surface area contributed by atoms with Gasteiger partial charge in [-0.05, 0) is 63.7 Å². The highest BCUT2D eigenvalue weighted by atomic mass is 16.1. The van der Waals surface area contributed by atoms with E-state index in [4.69, 9.17) is 5.73 Å². The van der Waals surface area contributed by atoms with Gasteiger partial charge in [0, 0.05) is 5.54 Å². The van der Waals surface area contributed by atoms with Crippen LogP contribution in [0.5, 0.6) is 0 Å². The first-order chi connectivity index (χ1) is 12.5. The van der Waals surface area contributed by atoms with Crippen LogP contribution in [0.4, 0.5) is 0 Å². The number of carbonyl (C=O) groups is 1. The molecule has 1 heterocycles. The molecule has 2 N–H and O–H groups in total. The molecule has 0 unspecified atom stereocenters. The number of carbonyl (C=O) groups excluding carboxylic acids is 1. The van der Waals surface area contributed by atoms with Gasteiger partial charge in [0.1, 0.15) is 0 Å². The van der Waals surface area contributed by atoms with Crippen molar-refractivity contribution in [3.63, 3.8) is 0 Å². The van der Waals surface area contributed by atoms with Crippen LogP contribution in [0, 0.1) is 0 Å². The Kier molecular flexibility index (Phi) is 5.47. The van der Waals surface area contributed by atoms with Gasteiger partial charge in [0.25, 0.3) is 0 Å². The molecule has 3 heteroatoms. The van der Waals surface area contributed by atoms with E-state index in [1.165, 1.54) is 12.8 Å². The van der Waals surface area contributed by atoms with E-state index < -0.39 is 5.41 Å². The first-order valence-corrected chi connectivity index (χ1v) is 9.63. The highest BCUT2D eigenvalue weighted by molar-refractivity contribution is 5.90. The fraction of sp³-hybridized carbons (Fsp3) is 0.435. The van der Waals surface area contributed by atoms with E-state index in [1.54, 1.807) is 0 Å². The van der Waals surface area contributed by atoms with Crippen LogP contribution >= 0.6 is 0 Å². The first kappa shape index (κ1) is 18.7. The molecule has 0 aliphatic carbocycles. The average molecular weight is 351 g/mol. The zero-order chi connectivity index (χ0) is 18.6. The van der Waals surface area contributed by atoms with Crippen molar-refractivity contribution in [1.82, 2.24) is 4.90 Å². The van der Waals surface area contributed by atoms with Crippen molar-refractivity contribution in [3.8, 4) is 0 Å². The third-order valence-electron chi connectivity index (χ3n) is 6.03. The number of hydrogen-bond donors (Lipinski definition) is 1. The third-order valence-corrected chi connectivity index (χ3v) is 6.03. The van der Waals surface area contributed by atoms with Crippen molar-refractivity contribution >= 4 is 5.91 Å². The zero-order valence-corrected chi connectivity index (χ0v) is 15.9. The molecule has 0 radical (unpaired) electrons. The predicted molar refractivity (Wildman–Crippen MR) is 107 cm³/mol. The van der Waals surface area contributed by atoms with E-state index >= 15 is 0 Å². The number of benzene rings is 2. The molecular formula is C23H30N2O. The quantitative estimate of drug-likeness (QED) is 0.817. The summed E-state index contributed by atoms with van der Waals surface area (Å²) in [5.74, 6) is -0.271. The fourth-order valence-corrected chi connectivity index (χ4v) is 4.28. The van der Waals surface area contributed by atoms with Gasteiger partial charge in [-0.2, -0.15) is 0 Å². The molecule has 0 spiro atoms. The minimum atomic E-state index is -0.792. The summed E-state index contributed by atoms with van der Waals surface area (Å²) in [5, 5.41) is 0. The lowest BCUT2D eigenvalue weighted by atomic mass is 9.69. The van der Waals surface area contributed by atoms with Crippen molar-refractivity contribution in [1.29, 1.82) is 0 Å². The Morgan fingerprint density at radius 2 is 1.35 bits per heavy atom. The van der Waals surface area contributed by atoms with Crippen molar-refractivity contribution in [2.24, 2.45) is 5.73 Å². The van der Waals surface area contributed by atoms with Crippen molar-refractivity contribution in [2.75, 3.05) is 13.1 Å². The summed E-state index contributed by atoms with van der Waals surface area (Å²) in [6, 6.07) is 20.0. The number of primary amides is 1. The van der Waals surface area contributed by atoms with E-state index in [1.807, 2.05) is 60.7 Å². The molecular weight excluding hydrogens is 320 g/mol. The van der Waals surface area contributed by atoms with Crippen LogP contribution in [0.2, 0.25) is 0 Å². The molecule has 1 aliphatic rings. The number of nitrogens with two attached hydrogens (primary N) is 1. The second-order valence-corrected chi connectivity index (χ2v) is 8.01. The Morgan fingerprint density at radius 1 is 0.885 bits per heavy atom. The van der Waals surface area contributed by atoms with Gasteiger partial charge < -0.3 is 5.73 Å². The molecule has 1 fully saturated rings. The third kappa shape index (κ3) is 3.54. The number of nitrogens with zero attached hydrogens (tertiary/aromatic N) is 1. The highest BCUT2D eigenvalue weighted by Crippen LogP contribution is 2.39. The molecule has 138 valence electrons. The molecule has 2 aromatic carbocycles. The van der Waals surface area contributed by atoms with Gasteiger partial charge in [-0.1, -0.05) is 60.7 Å². The molecule has 26 heavy (non-hydrogen) atoms.